The summed E-state index contributed by atoms with van der Waals surface area (Å²) in [5.74, 6) is 1.60. The topological polar surface area (TPSA) is 40.0 Å². The van der Waals surface area contributed by atoms with E-state index in [4.69, 9.17) is 9.97 Å². The Morgan fingerprint density at radius 1 is 0.344 bits per heavy atom. The van der Waals surface area contributed by atoms with Crippen LogP contribution in [-0.4, -0.2) is 23.5 Å². The summed E-state index contributed by atoms with van der Waals surface area (Å²) in [5, 5.41) is 12.0. The summed E-state index contributed by atoms with van der Waals surface area (Å²) < 4.78 is 8.52. The smallest absolute Gasteiger partial charge is 0.163 e. The van der Waals surface area contributed by atoms with Crippen molar-refractivity contribution in [2.45, 2.75) is 0 Å². The molecule has 0 atom stereocenters. The lowest BCUT2D eigenvalue weighted by Gasteiger charge is -2.12. The third-order valence-corrected chi connectivity index (χ3v) is 14.6. The highest BCUT2D eigenvalue weighted by Gasteiger charge is 2.27. The van der Waals surface area contributed by atoms with Crippen LogP contribution >= 0.6 is 11.3 Å². The zero-order valence-electron chi connectivity index (χ0n) is 34.2. The Hall–Kier alpha value is -8.32. The van der Waals surface area contributed by atoms with E-state index in [1.807, 2.05) is 0 Å². The largest absolute Gasteiger partial charge is 0.309 e. The van der Waals surface area contributed by atoms with Crippen molar-refractivity contribution in [3.05, 3.63) is 200 Å². The van der Waals surface area contributed by atoms with Crippen LogP contribution in [0.3, 0.4) is 0 Å². The molecular formula is C58H33N5S. The number of hydrogen-bond donors (Lipinski definition) is 0. The van der Waals surface area contributed by atoms with Crippen molar-refractivity contribution < 1.29 is 0 Å². The van der Waals surface area contributed by atoms with Gasteiger partial charge in [0.2, 0.25) is 0 Å². The molecule has 0 saturated carbocycles. The standard InChI is InChI=1S/C58H33N5S/c1-3-15-34(16-4-1)35-27-29-40-45-33-44-39-20-8-12-24-47(39)63(55(44)52-41-21-9-13-25-48(41)62(54(45)52)50(40)32-35)57-53-42-22-10-14-26-51(42)64-58(53)60-56(59-57)36-28-30-49-43(31-36)38-19-7-11-23-46(38)61(49)37-17-5-2-6-18-37/h1-33H. The SMILES string of the molecule is c1ccc(-c2ccc3c4cc5c6ccccc6n(-c6nc(-c7ccc8c(c7)c7ccccc7n8-c7ccccc7)nc7sc8ccccc8c67)c5c5c6ccccc6n(c3c2)c45)cc1. The highest BCUT2D eigenvalue weighted by molar-refractivity contribution is 7.25. The Labute approximate surface area is 369 Å². The Bertz CT molecular complexity index is 4420. The Morgan fingerprint density at radius 2 is 0.953 bits per heavy atom. The van der Waals surface area contributed by atoms with Gasteiger partial charge in [0.15, 0.2) is 11.6 Å². The molecule has 6 heterocycles. The van der Waals surface area contributed by atoms with E-state index in [0.29, 0.717) is 5.82 Å². The number of rotatable bonds is 4. The minimum Gasteiger partial charge on any atom is -0.309 e. The third kappa shape index (κ3) is 4.51. The van der Waals surface area contributed by atoms with E-state index >= 15 is 0 Å². The molecule has 15 aromatic rings. The normalized spacial score (nSPS) is 12.4. The van der Waals surface area contributed by atoms with Gasteiger partial charge in [0.05, 0.1) is 44.0 Å². The number of thiophene rings is 1. The number of aromatic nitrogens is 5. The Balaban J connectivity index is 1.07. The van der Waals surface area contributed by atoms with E-state index in [1.165, 1.54) is 81.0 Å². The van der Waals surface area contributed by atoms with Crippen LogP contribution in [0.25, 0.3) is 136 Å². The maximum Gasteiger partial charge on any atom is 0.163 e. The lowest BCUT2D eigenvalue weighted by Crippen LogP contribution is -2.02. The first-order valence-corrected chi connectivity index (χ1v) is 22.6. The van der Waals surface area contributed by atoms with Gasteiger partial charge in [-0.15, -0.1) is 11.3 Å². The molecule has 0 spiro atoms. The molecule has 296 valence electrons. The average Bonchev–Trinajstić information content (AvgIpc) is 4.16. The first-order valence-electron chi connectivity index (χ1n) is 21.7. The number of nitrogens with zero attached hydrogens (tertiary/aromatic N) is 5. The summed E-state index contributed by atoms with van der Waals surface area (Å²) in [6.45, 7) is 0. The Kier molecular flexibility index (Phi) is 6.77. The summed E-state index contributed by atoms with van der Waals surface area (Å²) >= 11 is 1.74. The van der Waals surface area contributed by atoms with Gasteiger partial charge >= 0.3 is 0 Å². The van der Waals surface area contributed by atoms with Gasteiger partial charge in [-0.3, -0.25) is 4.57 Å². The third-order valence-electron chi connectivity index (χ3n) is 13.6. The first-order chi connectivity index (χ1) is 31.8. The molecule has 0 aliphatic rings. The highest BCUT2D eigenvalue weighted by Crippen LogP contribution is 2.48. The summed E-state index contributed by atoms with van der Waals surface area (Å²) in [6, 6.07) is 72.7. The van der Waals surface area contributed by atoms with Crippen molar-refractivity contribution in [1.82, 2.24) is 23.5 Å². The molecule has 5 nitrogen and oxygen atoms in total. The van der Waals surface area contributed by atoms with Crippen LogP contribution in [0.5, 0.6) is 0 Å². The fraction of sp³-hybridized carbons (Fsp3) is 0. The fourth-order valence-corrected chi connectivity index (χ4v) is 12.0. The molecule has 0 unspecified atom stereocenters. The van der Waals surface area contributed by atoms with Gasteiger partial charge in [0.1, 0.15) is 4.83 Å². The number of hydrogen-bond acceptors (Lipinski definition) is 3. The molecule has 0 aliphatic heterocycles. The number of para-hydroxylation sites is 4. The first kappa shape index (κ1) is 34.3. The number of benzene rings is 9. The minimum atomic E-state index is 0.707. The highest BCUT2D eigenvalue weighted by atomic mass is 32.1. The van der Waals surface area contributed by atoms with E-state index in [1.54, 1.807) is 11.3 Å². The van der Waals surface area contributed by atoms with E-state index in [0.717, 1.165) is 49.2 Å². The second-order valence-electron chi connectivity index (χ2n) is 16.9. The predicted octanol–water partition coefficient (Wildman–Crippen LogP) is 15.5. The molecule has 0 fully saturated rings. The zero-order chi connectivity index (χ0) is 41.6. The molecule has 0 amide bonds. The molecule has 0 radical (unpaired) electrons. The molecule has 9 aromatic carbocycles. The van der Waals surface area contributed by atoms with Gasteiger partial charge in [-0.25, -0.2) is 9.97 Å². The van der Waals surface area contributed by atoms with E-state index in [2.05, 4.69) is 214 Å². The van der Waals surface area contributed by atoms with Gasteiger partial charge in [-0.1, -0.05) is 133 Å². The van der Waals surface area contributed by atoms with Gasteiger partial charge in [-0.2, -0.15) is 0 Å². The van der Waals surface area contributed by atoms with Crippen LogP contribution in [0.4, 0.5) is 0 Å². The van der Waals surface area contributed by atoms with Crippen molar-refractivity contribution in [2.24, 2.45) is 0 Å². The number of fused-ring (bicyclic) bond motifs is 16. The molecule has 0 aliphatic carbocycles. The lowest BCUT2D eigenvalue weighted by molar-refractivity contribution is 1.08. The van der Waals surface area contributed by atoms with Gasteiger partial charge in [-0.05, 0) is 77.9 Å². The van der Waals surface area contributed by atoms with Gasteiger partial charge < -0.3 is 8.97 Å². The minimum absolute atomic E-state index is 0.707. The van der Waals surface area contributed by atoms with Crippen LogP contribution in [-0.2, 0) is 0 Å². The summed E-state index contributed by atoms with van der Waals surface area (Å²) in [4.78, 5) is 12.2. The van der Waals surface area contributed by atoms with E-state index < -0.39 is 0 Å². The van der Waals surface area contributed by atoms with Crippen LogP contribution in [0.2, 0.25) is 0 Å². The van der Waals surface area contributed by atoms with Crippen LogP contribution < -0.4 is 0 Å². The molecule has 6 aromatic heterocycles. The van der Waals surface area contributed by atoms with Crippen molar-refractivity contribution in [1.29, 1.82) is 0 Å². The lowest BCUT2D eigenvalue weighted by atomic mass is 10.0. The van der Waals surface area contributed by atoms with Crippen molar-refractivity contribution in [2.75, 3.05) is 0 Å². The van der Waals surface area contributed by atoms with Gasteiger partial charge in [0.25, 0.3) is 0 Å². The summed E-state index contributed by atoms with van der Waals surface area (Å²) in [5.41, 5.74) is 12.8. The maximum atomic E-state index is 5.75. The summed E-state index contributed by atoms with van der Waals surface area (Å²) in [7, 11) is 0. The molecule has 0 saturated heterocycles. The average molecular weight is 832 g/mol. The van der Waals surface area contributed by atoms with E-state index in [9.17, 15) is 0 Å². The van der Waals surface area contributed by atoms with Crippen LogP contribution in [0, 0.1) is 0 Å². The molecule has 64 heavy (non-hydrogen) atoms. The molecule has 0 N–H and O–H groups in total. The predicted molar refractivity (Wildman–Crippen MR) is 269 cm³/mol. The summed E-state index contributed by atoms with van der Waals surface area (Å²) in [6.07, 6.45) is 0. The second-order valence-corrected chi connectivity index (χ2v) is 17.9. The molecule has 6 heteroatoms. The fourth-order valence-electron chi connectivity index (χ4n) is 10.9. The van der Waals surface area contributed by atoms with Crippen molar-refractivity contribution in [3.63, 3.8) is 0 Å². The van der Waals surface area contributed by atoms with Gasteiger partial charge in [0, 0.05) is 64.4 Å². The van der Waals surface area contributed by atoms with Crippen molar-refractivity contribution >= 4 is 113 Å². The molecule has 15 rings (SSSR count). The van der Waals surface area contributed by atoms with Crippen LogP contribution in [0.1, 0.15) is 0 Å². The quantitative estimate of drug-likeness (QED) is 0.177. The van der Waals surface area contributed by atoms with Crippen molar-refractivity contribution in [3.8, 4) is 34.0 Å². The monoisotopic (exact) mass is 831 g/mol. The molecule has 0 bridgehead atoms. The zero-order valence-corrected chi connectivity index (χ0v) is 35.0. The molecular weight excluding hydrogens is 799 g/mol. The van der Waals surface area contributed by atoms with Crippen LogP contribution in [0.15, 0.2) is 200 Å². The van der Waals surface area contributed by atoms with E-state index in [-0.39, 0.29) is 0 Å². The Morgan fingerprint density at radius 3 is 1.77 bits per heavy atom. The second kappa shape index (κ2) is 12.6. The maximum absolute atomic E-state index is 5.75.